The van der Waals surface area contributed by atoms with Crippen LogP contribution in [0.5, 0.6) is 0 Å². The zero-order valence-corrected chi connectivity index (χ0v) is 10.4. The SMILES string of the molecule is CC(O)(C(Cl)c1ccc(F)cc1)C1(Cl)CC1. The van der Waals surface area contributed by atoms with Crippen molar-refractivity contribution < 1.29 is 9.50 Å². The van der Waals surface area contributed by atoms with Crippen LogP contribution in [0.15, 0.2) is 24.3 Å². The fourth-order valence-corrected chi connectivity index (χ4v) is 2.41. The summed E-state index contributed by atoms with van der Waals surface area (Å²) in [5.41, 5.74) is -0.506. The maximum Gasteiger partial charge on any atom is 0.123 e. The number of rotatable bonds is 3. The van der Waals surface area contributed by atoms with Gasteiger partial charge in [0, 0.05) is 0 Å². The van der Waals surface area contributed by atoms with Crippen molar-refractivity contribution >= 4 is 23.2 Å². The van der Waals surface area contributed by atoms with E-state index in [-0.39, 0.29) is 5.82 Å². The topological polar surface area (TPSA) is 20.2 Å². The summed E-state index contributed by atoms with van der Waals surface area (Å²) in [5, 5.41) is 9.72. The molecule has 2 rings (SSSR count). The molecule has 0 aromatic heterocycles. The molecular weight excluding hydrogens is 250 g/mol. The molecule has 1 saturated carbocycles. The summed E-state index contributed by atoms with van der Waals surface area (Å²) in [7, 11) is 0. The highest BCUT2D eigenvalue weighted by Gasteiger charge is 2.58. The molecule has 4 heteroatoms. The average Bonchev–Trinajstić information content (AvgIpc) is 2.98. The minimum absolute atomic E-state index is 0.320. The second-order valence-corrected chi connectivity index (χ2v) is 5.69. The Balaban J connectivity index is 2.24. The predicted octanol–water partition coefficient (Wildman–Crippen LogP) is 3.63. The maximum absolute atomic E-state index is 12.8. The second-order valence-electron chi connectivity index (χ2n) is 4.53. The molecule has 1 fully saturated rings. The summed E-state index contributed by atoms with van der Waals surface area (Å²) in [6.45, 7) is 1.63. The first-order chi connectivity index (χ1) is 7.37. The first-order valence-corrected chi connectivity index (χ1v) is 5.99. The van der Waals surface area contributed by atoms with Gasteiger partial charge in [-0.05, 0) is 37.5 Å². The molecule has 0 heterocycles. The highest BCUT2D eigenvalue weighted by molar-refractivity contribution is 6.28. The molecule has 16 heavy (non-hydrogen) atoms. The quantitative estimate of drug-likeness (QED) is 0.825. The van der Waals surface area contributed by atoms with E-state index in [1.807, 2.05) is 0 Å². The van der Waals surface area contributed by atoms with E-state index in [1.165, 1.54) is 12.1 Å². The monoisotopic (exact) mass is 262 g/mol. The van der Waals surface area contributed by atoms with Gasteiger partial charge in [-0.25, -0.2) is 4.39 Å². The number of hydrogen-bond acceptors (Lipinski definition) is 1. The largest absolute Gasteiger partial charge is 0.386 e. The fraction of sp³-hybridized carbons (Fsp3) is 0.500. The van der Waals surface area contributed by atoms with Crippen LogP contribution in [-0.2, 0) is 0 Å². The molecule has 2 unspecified atom stereocenters. The van der Waals surface area contributed by atoms with Gasteiger partial charge < -0.3 is 5.11 Å². The van der Waals surface area contributed by atoms with E-state index < -0.39 is 15.9 Å². The third kappa shape index (κ3) is 1.94. The van der Waals surface area contributed by atoms with E-state index in [1.54, 1.807) is 19.1 Å². The van der Waals surface area contributed by atoms with Gasteiger partial charge in [0.1, 0.15) is 11.4 Å². The van der Waals surface area contributed by atoms with Crippen LogP contribution in [0.25, 0.3) is 0 Å². The van der Waals surface area contributed by atoms with Crippen LogP contribution in [0, 0.1) is 5.82 Å². The van der Waals surface area contributed by atoms with Crippen LogP contribution in [0.2, 0.25) is 0 Å². The van der Waals surface area contributed by atoms with Gasteiger partial charge in [-0.1, -0.05) is 12.1 Å². The lowest BCUT2D eigenvalue weighted by Crippen LogP contribution is -2.41. The molecule has 0 bridgehead atoms. The van der Waals surface area contributed by atoms with Crippen molar-refractivity contribution in [2.24, 2.45) is 0 Å². The number of alkyl halides is 2. The molecule has 1 aliphatic rings. The van der Waals surface area contributed by atoms with Gasteiger partial charge in [-0.15, -0.1) is 23.2 Å². The normalized spacial score (nSPS) is 23.6. The Morgan fingerprint density at radius 3 is 2.31 bits per heavy atom. The van der Waals surface area contributed by atoms with E-state index in [0.717, 1.165) is 12.8 Å². The van der Waals surface area contributed by atoms with Crippen LogP contribution >= 0.6 is 23.2 Å². The standard InChI is InChI=1S/C12H13Cl2FO/c1-11(16,12(14)6-7-12)10(13)8-2-4-9(15)5-3-8/h2-5,10,16H,6-7H2,1H3. The van der Waals surface area contributed by atoms with E-state index in [4.69, 9.17) is 23.2 Å². The second kappa shape index (κ2) is 3.86. The predicted molar refractivity (Wildman–Crippen MR) is 63.4 cm³/mol. The van der Waals surface area contributed by atoms with Crippen molar-refractivity contribution in [1.29, 1.82) is 0 Å². The highest BCUT2D eigenvalue weighted by atomic mass is 35.5. The minimum Gasteiger partial charge on any atom is -0.386 e. The Bertz CT molecular complexity index is 385. The number of benzene rings is 1. The van der Waals surface area contributed by atoms with Crippen LogP contribution < -0.4 is 0 Å². The lowest BCUT2D eigenvalue weighted by molar-refractivity contribution is 0.0423. The van der Waals surface area contributed by atoms with Gasteiger partial charge >= 0.3 is 0 Å². The molecule has 1 nitrogen and oxygen atoms in total. The van der Waals surface area contributed by atoms with Crippen molar-refractivity contribution in [2.75, 3.05) is 0 Å². The van der Waals surface area contributed by atoms with Gasteiger partial charge in [0.25, 0.3) is 0 Å². The van der Waals surface area contributed by atoms with Crippen LogP contribution in [-0.4, -0.2) is 15.6 Å². The molecule has 1 aliphatic carbocycles. The zero-order chi connectivity index (χ0) is 12.0. The summed E-state index contributed by atoms with van der Waals surface area (Å²) < 4.78 is 12.8. The molecular formula is C12H13Cl2FO. The first kappa shape index (κ1) is 12.2. The Morgan fingerprint density at radius 2 is 1.88 bits per heavy atom. The Morgan fingerprint density at radius 1 is 1.38 bits per heavy atom. The molecule has 0 saturated heterocycles. The highest BCUT2D eigenvalue weighted by Crippen LogP contribution is 2.56. The van der Waals surface area contributed by atoms with Crippen LogP contribution in [0.4, 0.5) is 4.39 Å². The van der Waals surface area contributed by atoms with E-state index in [9.17, 15) is 9.50 Å². The molecule has 0 aliphatic heterocycles. The van der Waals surface area contributed by atoms with Crippen LogP contribution in [0.3, 0.4) is 0 Å². The molecule has 0 spiro atoms. The molecule has 1 aromatic carbocycles. The van der Waals surface area contributed by atoms with Crippen LogP contribution in [0.1, 0.15) is 30.7 Å². The Labute approximate surface area is 104 Å². The van der Waals surface area contributed by atoms with Gasteiger partial charge in [0.2, 0.25) is 0 Å². The Hall–Kier alpha value is -0.310. The summed E-state index contributed by atoms with van der Waals surface area (Å²) in [5.74, 6) is -0.320. The van der Waals surface area contributed by atoms with Gasteiger partial charge in [-0.2, -0.15) is 0 Å². The van der Waals surface area contributed by atoms with E-state index in [2.05, 4.69) is 0 Å². The number of halogens is 3. The molecule has 1 N–H and O–H groups in total. The summed E-state index contributed by atoms with van der Waals surface area (Å²) in [6, 6.07) is 5.80. The summed E-state index contributed by atoms with van der Waals surface area (Å²) in [4.78, 5) is -0.631. The third-order valence-corrected chi connectivity index (χ3v) is 4.69. The van der Waals surface area contributed by atoms with Crippen molar-refractivity contribution in [2.45, 2.75) is 35.6 Å². The molecule has 88 valence electrons. The molecule has 0 radical (unpaired) electrons. The molecule has 0 amide bonds. The lowest BCUT2D eigenvalue weighted by atomic mass is 9.90. The lowest BCUT2D eigenvalue weighted by Gasteiger charge is -2.33. The molecule has 1 aromatic rings. The van der Waals surface area contributed by atoms with Crippen molar-refractivity contribution in [3.8, 4) is 0 Å². The third-order valence-electron chi connectivity index (χ3n) is 3.25. The van der Waals surface area contributed by atoms with E-state index >= 15 is 0 Å². The zero-order valence-electron chi connectivity index (χ0n) is 8.88. The summed E-state index contributed by atoms with van der Waals surface area (Å²) >= 11 is 12.4. The van der Waals surface area contributed by atoms with Crippen molar-refractivity contribution in [3.63, 3.8) is 0 Å². The first-order valence-electron chi connectivity index (χ1n) is 5.18. The van der Waals surface area contributed by atoms with E-state index in [0.29, 0.717) is 5.56 Å². The summed E-state index contributed by atoms with van der Waals surface area (Å²) in [6.07, 6.45) is 1.51. The average molecular weight is 263 g/mol. The van der Waals surface area contributed by atoms with Crippen molar-refractivity contribution in [3.05, 3.63) is 35.6 Å². The van der Waals surface area contributed by atoms with Gasteiger partial charge in [0.05, 0.1) is 10.3 Å². The van der Waals surface area contributed by atoms with Crippen molar-refractivity contribution in [1.82, 2.24) is 0 Å². The van der Waals surface area contributed by atoms with Gasteiger partial charge in [-0.3, -0.25) is 0 Å². The smallest absolute Gasteiger partial charge is 0.123 e. The number of hydrogen-bond donors (Lipinski definition) is 1. The molecule has 2 atom stereocenters. The number of aliphatic hydroxyl groups is 1. The Kier molecular flexibility index (Phi) is 2.94. The minimum atomic E-state index is -1.19. The fourth-order valence-electron chi connectivity index (χ4n) is 1.80. The maximum atomic E-state index is 12.8. The van der Waals surface area contributed by atoms with Gasteiger partial charge in [0.15, 0.2) is 0 Å².